The van der Waals surface area contributed by atoms with E-state index >= 15 is 0 Å². The first-order valence-electron chi connectivity index (χ1n) is 28.5. The van der Waals surface area contributed by atoms with E-state index in [1.54, 1.807) is 0 Å². The first-order chi connectivity index (χ1) is 41.2. The number of anilines is 6. The summed E-state index contributed by atoms with van der Waals surface area (Å²) in [5.74, 6) is 2.18. The first-order valence-corrected chi connectivity index (χ1v) is 29.6. The van der Waals surface area contributed by atoms with Gasteiger partial charge < -0.3 is 4.90 Å². The number of pyridine rings is 1. The summed E-state index contributed by atoms with van der Waals surface area (Å²) >= 11 is 2.52. The minimum absolute atomic E-state index is 0.0454. The molecular weight excluding hydrogens is 1210 g/mol. The molecule has 1 aliphatic heterocycles. The summed E-state index contributed by atoms with van der Waals surface area (Å²) in [7, 11) is 0. The van der Waals surface area contributed by atoms with E-state index in [-0.39, 0.29) is 5.41 Å². The van der Waals surface area contributed by atoms with Crippen LogP contribution >= 0.6 is 0 Å². The van der Waals surface area contributed by atoms with E-state index in [4.69, 9.17) is 9.72 Å². The summed E-state index contributed by atoms with van der Waals surface area (Å²) in [5.41, 5.74) is 22.8. The summed E-state index contributed by atoms with van der Waals surface area (Å²) in [6.07, 6.45) is 2.04. The number of aromatic nitrogens is 3. The Labute approximate surface area is 501 Å². The van der Waals surface area contributed by atoms with Gasteiger partial charge in [0.15, 0.2) is 0 Å². The molecule has 408 valence electrons. The van der Waals surface area contributed by atoms with Gasteiger partial charge >= 0.3 is 306 Å². The number of hydrogen-bond donors (Lipinski definition) is 0. The molecule has 0 saturated heterocycles. The fraction of sp³-hybridized carbons (Fsp3) is 0.0649. The minimum Gasteiger partial charge on any atom is -0.0579 e. The normalized spacial score (nSPS) is 12.1. The van der Waals surface area contributed by atoms with Crippen molar-refractivity contribution in [2.45, 2.75) is 33.1 Å². The number of rotatable bonds is 9. The minimum atomic E-state index is 0.0454. The fourth-order valence-corrected chi connectivity index (χ4v) is 13.1. The van der Waals surface area contributed by atoms with Crippen molar-refractivity contribution in [3.63, 3.8) is 0 Å². The van der Waals surface area contributed by atoms with Crippen LogP contribution in [0.5, 0.6) is 11.5 Å². The van der Waals surface area contributed by atoms with E-state index in [0.717, 1.165) is 122 Å². The zero-order chi connectivity index (χ0) is 56.9. The van der Waals surface area contributed by atoms with Gasteiger partial charge in [-0.15, -0.1) is 0 Å². The van der Waals surface area contributed by atoms with Crippen molar-refractivity contribution >= 4 is 45.3 Å². The Morgan fingerprint density at radius 3 is 1.42 bits per heavy atom. The Balaban J connectivity index is 0.946. The Kier molecular flexibility index (Phi) is 13.5. The van der Waals surface area contributed by atoms with Crippen molar-refractivity contribution in [1.82, 2.24) is 14.1 Å². The Morgan fingerprint density at radius 2 is 0.833 bits per heavy atom. The molecule has 84 heavy (non-hydrogen) atoms. The molecule has 0 bridgehead atoms. The van der Waals surface area contributed by atoms with E-state index in [1.807, 2.05) is 6.20 Å². The molecule has 0 spiro atoms. The van der Waals surface area contributed by atoms with E-state index in [0.29, 0.717) is 11.5 Å². The molecule has 13 aromatic rings. The summed E-state index contributed by atoms with van der Waals surface area (Å²) in [6.45, 7) is 8.96. The van der Waals surface area contributed by atoms with Crippen LogP contribution in [0.2, 0.25) is 0 Å². The van der Waals surface area contributed by atoms with Crippen molar-refractivity contribution < 1.29 is 24.1 Å². The van der Waals surface area contributed by atoms with Crippen molar-refractivity contribution in [3.05, 3.63) is 300 Å². The molecular formula is C77H59N5OPt. The third kappa shape index (κ3) is 9.49. The molecule has 7 heteroatoms. The van der Waals surface area contributed by atoms with Crippen LogP contribution in [0.3, 0.4) is 0 Å². The molecule has 0 unspecified atom stereocenters. The Hall–Kier alpha value is -9.87. The molecule has 14 rings (SSSR count). The first kappa shape index (κ1) is 52.2. The molecule has 1 aliphatic rings. The fourth-order valence-electron chi connectivity index (χ4n) is 12.0. The van der Waals surface area contributed by atoms with Crippen molar-refractivity contribution in [1.29, 1.82) is 0 Å². The zero-order valence-corrected chi connectivity index (χ0v) is 49.4. The quantitative estimate of drug-likeness (QED) is 0.144. The van der Waals surface area contributed by atoms with Crippen LogP contribution in [0, 0.1) is 10.7 Å². The number of nitrogens with zero attached hydrogens (tertiary/aromatic N) is 5. The monoisotopic (exact) mass is 1260 g/mol. The summed E-state index contributed by atoms with van der Waals surface area (Å²) in [5, 5.41) is 0. The van der Waals surface area contributed by atoms with E-state index in [9.17, 15) is 0 Å². The molecule has 6 nitrogen and oxygen atoms in total. The van der Waals surface area contributed by atoms with Crippen molar-refractivity contribution in [2.75, 3.05) is 9.80 Å². The molecule has 0 aliphatic carbocycles. The SMILES string of the molecule is Cc1cc(N2c3ccccc3-c3ccccc3N(c3ccccc3)c3ccccc3-c3ccc(Oc4cccc(-n5[c](=[Pt])n(-c6c(-c7ccccc7)cccc6-c6ccccc6)c6ccccc65)c4)cc32)ncc1-c1ccc(C(C)(C)C)cc1. The van der Waals surface area contributed by atoms with Gasteiger partial charge in [-0.1, -0.05) is 112 Å². The van der Waals surface area contributed by atoms with Crippen LogP contribution in [-0.2, 0) is 24.8 Å². The number of imidazole rings is 1. The van der Waals surface area contributed by atoms with Gasteiger partial charge in [0, 0.05) is 23.0 Å². The predicted molar refractivity (Wildman–Crippen MR) is 344 cm³/mol. The number of aryl methyl sites for hydroxylation is 1. The Morgan fingerprint density at radius 1 is 0.369 bits per heavy atom. The van der Waals surface area contributed by atoms with Crippen molar-refractivity contribution in [3.8, 4) is 78.5 Å². The van der Waals surface area contributed by atoms with E-state index in [2.05, 4.69) is 345 Å². The summed E-state index contributed by atoms with van der Waals surface area (Å²) < 4.78 is 13.0. The van der Waals surface area contributed by atoms with Crippen molar-refractivity contribution in [2.24, 2.45) is 0 Å². The van der Waals surface area contributed by atoms with E-state index in [1.165, 1.54) is 5.56 Å². The second kappa shape index (κ2) is 21.8. The maximum absolute atomic E-state index is 7.19. The molecule has 0 amide bonds. The zero-order valence-electron chi connectivity index (χ0n) is 47.1. The molecule has 11 aromatic carbocycles. The number of fused-ring (bicyclic) bond motifs is 7. The average Bonchev–Trinajstić information content (AvgIpc) is 2.37. The Bertz CT molecular complexity index is 4600. The van der Waals surface area contributed by atoms with Crippen LogP contribution in [0.1, 0.15) is 31.9 Å². The number of para-hydroxylation sites is 7. The second-order valence-corrected chi connectivity index (χ2v) is 23.4. The number of ether oxygens (including phenoxy) is 1. The molecule has 0 saturated carbocycles. The number of benzene rings is 11. The standard InChI is InChI=1S/C77H59N5O.Pt/c1-53-48-75(78-51-68(53)56-42-44-57(45-43-56)77(2,3)4)82-71-39-19-16-33-65(71)64-32-14-17-37-69(64)81(58-28-12-7-13-29-58)70-38-18-15-34-66(70)67-47-46-61(50-74(67)82)83-60-31-22-30-59(49-60)79-52-80(73-41-21-20-40-72(73)79)76-62(54-24-8-5-9-25-54)35-23-36-63(76)55-26-10-6-11-27-55;/h5-51H,1-4H3;. The molecule has 2 aromatic heterocycles. The van der Waals surface area contributed by atoms with Crippen LogP contribution in [0.15, 0.2) is 285 Å². The summed E-state index contributed by atoms with van der Waals surface area (Å²) in [6, 6.07) is 99.8. The van der Waals surface area contributed by atoms with Crippen LogP contribution in [0.4, 0.5) is 34.3 Å². The van der Waals surface area contributed by atoms with Crippen LogP contribution < -0.4 is 14.5 Å². The van der Waals surface area contributed by atoms with Crippen LogP contribution in [0.25, 0.3) is 78.0 Å². The molecule has 0 radical (unpaired) electrons. The predicted octanol–water partition coefficient (Wildman–Crippen LogP) is 20.9. The van der Waals surface area contributed by atoms with Gasteiger partial charge in [0.25, 0.3) is 0 Å². The molecule has 0 fully saturated rings. The third-order valence-electron chi connectivity index (χ3n) is 16.1. The van der Waals surface area contributed by atoms with Gasteiger partial charge in [-0.3, -0.25) is 0 Å². The van der Waals surface area contributed by atoms with Gasteiger partial charge in [-0.05, 0) is 53.3 Å². The van der Waals surface area contributed by atoms with Gasteiger partial charge in [-0.2, -0.15) is 0 Å². The molecule has 0 atom stereocenters. The molecule has 3 heterocycles. The van der Waals surface area contributed by atoms with Gasteiger partial charge in [-0.25, -0.2) is 0 Å². The summed E-state index contributed by atoms with van der Waals surface area (Å²) in [4.78, 5) is 10.2. The van der Waals surface area contributed by atoms with Gasteiger partial charge in [0.2, 0.25) is 0 Å². The van der Waals surface area contributed by atoms with Gasteiger partial charge in [0.05, 0.1) is 5.69 Å². The number of hydrogen-bond acceptors (Lipinski definition) is 4. The second-order valence-electron chi connectivity index (χ2n) is 22.4. The third-order valence-corrected chi connectivity index (χ3v) is 17.1. The topological polar surface area (TPSA) is 38.5 Å². The maximum atomic E-state index is 7.19. The average molecular weight is 1270 g/mol. The smallest absolute Gasteiger partial charge is 0.0579 e. The molecule has 0 N–H and O–H groups in total. The van der Waals surface area contributed by atoms with Crippen LogP contribution in [-0.4, -0.2) is 14.1 Å². The van der Waals surface area contributed by atoms with Gasteiger partial charge in [0.1, 0.15) is 0 Å². The van der Waals surface area contributed by atoms with E-state index < -0.39 is 0 Å².